The van der Waals surface area contributed by atoms with Crippen molar-refractivity contribution in [3.63, 3.8) is 0 Å². The van der Waals surface area contributed by atoms with Crippen LogP contribution in [0.2, 0.25) is 5.02 Å². The number of aliphatic hydroxyl groups is 1. The first kappa shape index (κ1) is 26.7. The minimum atomic E-state index is -0.706. The predicted octanol–water partition coefficient (Wildman–Crippen LogP) is 3.62. The van der Waals surface area contributed by atoms with Gasteiger partial charge in [0.1, 0.15) is 6.04 Å². The third kappa shape index (κ3) is 5.78. The van der Waals surface area contributed by atoms with E-state index >= 15 is 0 Å². The fourth-order valence-electron chi connectivity index (χ4n) is 4.57. The van der Waals surface area contributed by atoms with Gasteiger partial charge in [0.05, 0.1) is 54.2 Å². The standard InChI is InChI=1S/C28H29ClN6O4/c1-16(24-5-3-4-21(15-36)32-24)31-26(37)17(2)35-14-19-7-6-18(12-22(19)27(35)38)25-23(29)13-30-28(34-25)33-20-8-10-39-11-9-20/h3-8,12-13,16-17,36H,9-11,14-15H2,1-2H3,(H,31,37)(H,30,33,34)/t16-,17-/m1/s1. The topological polar surface area (TPSA) is 130 Å². The number of pyridine rings is 1. The molecule has 0 aliphatic carbocycles. The van der Waals surface area contributed by atoms with Crippen molar-refractivity contribution in [2.45, 2.75) is 45.5 Å². The summed E-state index contributed by atoms with van der Waals surface area (Å²) in [5.74, 6) is -0.120. The van der Waals surface area contributed by atoms with E-state index in [1.165, 1.54) is 6.20 Å². The number of amides is 2. The Morgan fingerprint density at radius 1 is 1.23 bits per heavy atom. The van der Waals surface area contributed by atoms with E-state index < -0.39 is 12.1 Å². The number of nitrogens with zero attached hydrogens (tertiary/aromatic N) is 4. The molecule has 11 heteroatoms. The lowest BCUT2D eigenvalue weighted by Crippen LogP contribution is -2.46. The lowest BCUT2D eigenvalue weighted by molar-refractivity contribution is -0.125. The van der Waals surface area contributed by atoms with Gasteiger partial charge in [-0.05, 0) is 43.7 Å². The smallest absolute Gasteiger partial charge is 0.255 e. The van der Waals surface area contributed by atoms with Crippen molar-refractivity contribution >= 4 is 29.4 Å². The highest BCUT2D eigenvalue weighted by atomic mass is 35.5. The van der Waals surface area contributed by atoms with Crippen LogP contribution in [0, 0.1) is 0 Å². The van der Waals surface area contributed by atoms with Crippen LogP contribution in [0.25, 0.3) is 11.3 Å². The molecule has 2 amide bonds. The molecule has 0 bridgehead atoms. The summed E-state index contributed by atoms with van der Waals surface area (Å²) in [4.78, 5) is 41.2. The van der Waals surface area contributed by atoms with Crippen LogP contribution in [-0.2, 0) is 22.7 Å². The third-order valence-corrected chi connectivity index (χ3v) is 7.11. The molecular formula is C28H29ClN6O4. The summed E-state index contributed by atoms with van der Waals surface area (Å²) in [6.45, 7) is 4.82. The first-order valence-corrected chi connectivity index (χ1v) is 13.1. The Hall–Kier alpha value is -3.86. The molecule has 10 nitrogen and oxygen atoms in total. The monoisotopic (exact) mass is 548 g/mol. The van der Waals surface area contributed by atoms with E-state index in [0.717, 1.165) is 17.7 Å². The van der Waals surface area contributed by atoms with Gasteiger partial charge in [0.2, 0.25) is 11.9 Å². The van der Waals surface area contributed by atoms with E-state index in [1.807, 2.05) is 25.1 Å². The SMILES string of the molecule is C[C@H](C(=O)N[C@H](C)c1cccc(CO)n1)N1Cc2ccc(-c3nc(NC4=CCOCC4)ncc3Cl)cc2C1=O. The number of rotatable bonds is 8. The molecule has 2 atom stereocenters. The first-order chi connectivity index (χ1) is 18.8. The van der Waals surface area contributed by atoms with E-state index in [9.17, 15) is 14.7 Å². The van der Waals surface area contributed by atoms with Crippen molar-refractivity contribution in [2.75, 3.05) is 18.5 Å². The summed E-state index contributed by atoms with van der Waals surface area (Å²) < 4.78 is 5.34. The number of hydrogen-bond acceptors (Lipinski definition) is 8. The van der Waals surface area contributed by atoms with Crippen molar-refractivity contribution < 1.29 is 19.4 Å². The summed E-state index contributed by atoms with van der Waals surface area (Å²) in [6, 6.07) is 9.68. The van der Waals surface area contributed by atoms with Gasteiger partial charge in [-0.1, -0.05) is 29.8 Å². The zero-order valence-corrected chi connectivity index (χ0v) is 22.4. The number of aliphatic hydroxyl groups excluding tert-OH is 1. The Balaban J connectivity index is 1.30. The highest BCUT2D eigenvalue weighted by Crippen LogP contribution is 2.32. The zero-order valence-electron chi connectivity index (χ0n) is 21.6. The van der Waals surface area contributed by atoms with Gasteiger partial charge in [-0.2, -0.15) is 0 Å². The fraction of sp³-hybridized carbons (Fsp3) is 0.321. The summed E-state index contributed by atoms with van der Waals surface area (Å²) in [5, 5.41) is 15.8. The summed E-state index contributed by atoms with van der Waals surface area (Å²) in [5.41, 5.74) is 4.65. The molecule has 0 unspecified atom stereocenters. The van der Waals surface area contributed by atoms with Gasteiger partial charge in [-0.3, -0.25) is 14.6 Å². The normalized spacial score (nSPS) is 16.4. The molecule has 5 rings (SSSR count). The number of aromatic nitrogens is 3. The predicted molar refractivity (Wildman–Crippen MR) is 146 cm³/mol. The fourth-order valence-corrected chi connectivity index (χ4v) is 4.77. The summed E-state index contributed by atoms with van der Waals surface area (Å²) >= 11 is 6.44. The molecular weight excluding hydrogens is 520 g/mol. The average Bonchev–Trinajstić information content (AvgIpc) is 3.29. The maximum Gasteiger partial charge on any atom is 0.255 e. The Morgan fingerprint density at radius 3 is 2.85 bits per heavy atom. The number of halogens is 1. The number of nitrogens with one attached hydrogen (secondary N) is 2. The quantitative estimate of drug-likeness (QED) is 0.389. The van der Waals surface area contributed by atoms with Crippen LogP contribution < -0.4 is 10.6 Å². The molecule has 3 aromatic rings. The number of benzene rings is 1. The number of fused-ring (bicyclic) bond motifs is 1. The van der Waals surface area contributed by atoms with Crippen LogP contribution in [-0.4, -0.2) is 56.0 Å². The van der Waals surface area contributed by atoms with Crippen molar-refractivity contribution in [1.29, 1.82) is 0 Å². The molecule has 0 saturated heterocycles. The van der Waals surface area contributed by atoms with Crippen molar-refractivity contribution in [3.8, 4) is 11.3 Å². The van der Waals surface area contributed by atoms with Crippen LogP contribution >= 0.6 is 11.6 Å². The second-order valence-corrected chi connectivity index (χ2v) is 9.90. The number of carbonyl (C=O) groups excluding carboxylic acids is 2. The van der Waals surface area contributed by atoms with Gasteiger partial charge in [0, 0.05) is 29.8 Å². The number of carbonyl (C=O) groups is 2. The second-order valence-electron chi connectivity index (χ2n) is 9.49. The van der Waals surface area contributed by atoms with E-state index in [0.29, 0.717) is 58.9 Å². The molecule has 2 aliphatic rings. The molecule has 0 radical (unpaired) electrons. The minimum Gasteiger partial charge on any atom is -0.390 e. The largest absolute Gasteiger partial charge is 0.390 e. The molecule has 0 saturated carbocycles. The second kappa shape index (κ2) is 11.5. The van der Waals surface area contributed by atoms with Gasteiger partial charge < -0.3 is 25.4 Å². The van der Waals surface area contributed by atoms with Crippen molar-refractivity contribution in [3.05, 3.63) is 81.9 Å². The Bertz CT molecular complexity index is 1450. The van der Waals surface area contributed by atoms with Crippen molar-refractivity contribution in [1.82, 2.24) is 25.2 Å². The van der Waals surface area contributed by atoms with E-state index in [4.69, 9.17) is 16.3 Å². The molecule has 2 aromatic heterocycles. The average molecular weight is 549 g/mol. The van der Waals surface area contributed by atoms with Gasteiger partial charge in [0.25, 0.3) is 5.91 Å². The molecule has 1 aromatic carbocycles. The van der Waals surface area contributed by atoms with Crippen molar-refractivity contribution in [2.24, 2.45) is 0 Å². The number of hydrogen-bond donors (Lipinski definition) is 3. The zero-order chi connectivity index (χ0) is 27.5. The lowest BCUT2D eigenvalue weighted by atomic mass is 10.0. The molecule has 0 fully saturated rings. The van der Waals surface area contributed by atoms with Crippen LogP contribution in [0.1, 0.15) is 53.6 Å². The molecule has 0 spiro atoms. The molecule has 2 aliphatic heterocycles. The van der Waals surface area contributed by atoms with Gasteiger partial charge in [0.15, 0.2) is 0 Å². The third-order valence-electron chi connectivity index (χ3n) is 6.83. The minimum absolute atomic E-state index is 0.182. The van der Waals surface area contributed by atoms with Gasteiger partial charge >= 0.3 is 0 Å². The molecule has 3 N–H and O–H groups in total. The Kier molecular flexibility index (Phi) is 7.87. The highest BCUT2D eigenvalue weighted by molar-refractivity contribution is 6.33. The van der Waals surface area contributed by atoms with Crippen LogP contribution in [0.5, 0.6) is 0 Å². The lowest BCUT2D eigenvalue weighted by Gasteiger charge is -2.25. The van der Waals surface area contributed by atoms with Gasteiger partial charge in [-0.15, -0.1) is 0 Å². The Labute approximate surface area is 231 Å². The van der Waals surface area contributed by atoms with E-state index in [-0.39, 0.29) is 18.4 Å². The number of anilines is 1. The molecule has 4 heterocycles. The Morgan fingerprint density at radius 2 is 2.08 bits per heavy atom. The van der Waals surface area contributed by atoms with E-state index in [1.54, 1.807) is 36.1 Å². The number of ether oxygens (including phenoxy) is 1. The van der Waals surface area contributed by atoms with Crippen LogP contribution in [0.4, 0.5) is 5.95 Å². The maximum atomic E-state index is 13.4. The molecule has 202 valence electrons. The summed E-state index contributed by atoms with van der Waals surface area (Å²) in [6.07, 6.45) is 4.22. The maximum absolute atomic E-state index is 13.4. The summed E-state index contributed by atoms with van der Waals surface area (Å²) in [7, 11) is 0. The van der Waals surface area contributed by atoms with Crippen LogP contribution in [0.15, 0.2) is 54.4 Å². The van der Waals surface area contributed by atoms with E-state index in [2.05, 4.69) is 25.6 Å². The first-order valence-electron chi connectivity index (χ1n) is 12.7. The van der Waals surface area contributed by atoms with Crippen LogP contribution in [0.3, 0.4) is 0 Å². The van der Waals surface area contributed by atoms with Gasteiger partial charge in [-0.25, -0.2) is 9.97 Å². The molecule has 39 heavy (non-hydrogen) atoms. The highest BCUT2D eigenvalue weighted by Gasteiger charge is 2.34.